The minimum Gasteiger partial charge on any atom is -0.333 e. The molecular weight excluding hydrogens is 196 g/mol. The fraction of sp³-hybridized carbons (Fsp3) is 0.500. The zero-order chi connectivity index (χ0) is 11.3. The first-order valence-electron chi connectivity index (χ1n) is 6.07. The van der Waals surface area contributed by atoms with Crippen molar-refractivity contribution < 1.29 is 0 Å². The average Bonchev–Trinajstić information content (AvgIpc) is 3.04. The van der Waals surface area contributed by atoms with Gasteiger partial charge in [0.2, 0.25) is 0 Å². The van der Waals surface area contributed by atoms with Gasteiger partial charge in [-0.3, -0.25) is 4.99 Å². The van der Waals surface area contributed by atoms with E-state index in [1.807, 2.05) is 0 Å². The molecule has 0 unspecified atom stereocenters. The molecule has 0 aromatic heterocycles. The highest BCUT2D eigenvalue weighted by Gasteiger charge is 2.49. The van der Waals surface area contributed by atoms with Gasteiger partial charge in [0.25, 0.3) is 0 Å². The number of anilines is 1. The highest BCUT2D eigenvalue weighted by molar-refractivity contribution is 6.01. The fourth-order valence-electron chi connectivity index (χ4n) is 2.65. The van der Waals surface area contributed by atoms with Gasteiger partial charge >= 0.3 is 0 Å². The second-order valence-electron chi connectivity index (χ2n) is 5.23. The first kappa shape index (κ1) is 9.88. The molecule has 0 radical (unpaired) electrons. The van der Waals surface area contributed by atoms with E-state index in [4.69, 9.17) is 4.99 Å². The maximum atomic E-state index is 4.99. The van der Waals surface area contributed by atoms with Crippen molar-refractivity contribution in [2.45, 2.75) is 32.2 Å². The lowest BCUT2D eigenvalue weighted by atomic mass is 9.98. The van der Waals surface area contributed by atoms with E-state index in [2.05, 4.69) is 50.1 Å². The lowest BCUT2D eigenvalue weighted by Crippen LogP contribution is -2.36. The molecular formula is C14H18N2. The van der Waals surface area contributed by atoms with E-state index in [1.54, 1.807) is 0 Å². The monoisotopic (exact) mass is 214 g/mol. The first-order valence-corrected chi connectivity index (χ1v) is 6.07. The summed E-state index contributed by atoms with van der Waals surface area (Å²) >= 11 is 0. The first-order chi connectivity index (χ1) is 7.64. The highest BCUT2D eigenvalue weighted by atomic mass is 15.2. The van der Waals surface area contributed by atoms with Crippen LogP contribution in [-0.4, -0.2) is 12.9 Å². The molecule has 1 aliphatic heterocycles. The van der Waals surface area contributed by atoms with Crippen molar-refractivity contribution in [3.63, 3.8) is 0 Å². The molecule has 0 atom stereocenters. The number of nitrogens with zero attached hydrogens (tertiary/aromatic N) is 2. The zero-order valence-electron chi connectivity index (χ0n) is 10.2. The lowest BCUT2D eigenvalue weighted by Gasteiger charge is -2.34. The van der Waals surface area contributed by atoms with E-state index in [0.717, 1.165) is 0 Å². The van der Waals surface area contributed by atoms with Gasteiger partial charge in [0.1, 0.15) is 5.84 Å². The number of rotatable bonds is 1. The van der Waals surface area contributed by atoms with Crippen LogP contribution in [0.5, 0.6) is 0 Å². The largest absolute Gasteiger partial charge is 0.333 e. The zero-order valence-corrected chi connectivity index (χ0v) is 10.2. The van der Waals surface area contributed by atoms with E-state index in [0.29, 0.717) is 5.92 Å². The predicted octanol–water partition coefficient (Wildman–Crippen LogP) is 3.18. The highest BCUT2D eigenvalue weighted by Crippen LogP contribution is 2.54. The Hall–Kier alpha value is -1.31. The summed E-state index contributed by atoms with van der Waals surface area (Å²) in [4.78, 5) is 7.24. The van der Waals surface area contributed by atoms with Crippen LogP contribution in [0.2, 0.25) is 0 Å². The van der Waals surface area contributed by atoms with Crippen LogP contribution >= 0.6 is 0 Å². The fourth-order valence-corrected chi connectivity index (χ4v) is 2.65. The maximum absolute atomic E-state index is 4.99. The predicted molar refractivity (Wildman–Crippen MR) is 68.0 cm³/mol. The summed E-state index contributed by atoms with van der Waals surface area (Å²) in [5.41, 5.74) is 2.91. The minimum absolute atomic E-state index is 0.142. The van der Waals surface area contributed by atoms with Crippen LogP contribution in [0.1, 0.15) is 32.3 Å². The Morgan fingerprint density at radius 3 is 2.56 bits per heavy atom. The Kier molecular flexibility index (Phi) is 1.91. The molecule has 1 aromatic rings. The Labute approximate surface area is 97.0 Å². The van der Waals surface area contributed by atoms with Gasteiger partial charge in [-0.05, 0) is 18.9 Å². The molecule has 2 aliphatic rings. The summed E-state index contributed by atoms with van der Waals surface area (Å²) < 4.78 is 0. The summed E-state index contributed by atoms with van der Waals surface area (Å²) in [5, 5.41) is 0. The normalized spacial score (nSPS) is 21.0. The molecule has 84 valence electrons. The number of amidine groups is 1. The lowest BCUT2D eigenvalue weighted by molar-refractivity contribution is 0.696. The van der Waals surface area contributed by atoms with Gasteiger partial charge in [-0.15, -0.1) is 0 Å². The molecule has 0 bridgehead atoms. The standard InChI is InChI=1S/C14H18N2/c1-10(2)13-15-14(8-9-14)11-6-4-5-7-12(11)16(13)3/h4-7,10H,8-9H2,1-3H3. The number of fused-ring (bicyclic) bond motifs is 2. The molecule has 3 rings (SSSR count). The molecule has 1 aromatic carbocycles. The van der Waals surface area contributed by atoms with Crippen molar-refractivity contribution in [2.24, 2.45) is 10.9 Å². The Morgan fingerprint density at radius 1 is 1.25 bits per heavy atom. The van der Waals surface area contributed by atoms with Crippen LogP contribution in [0.15, 0.2) is 29.3 Å². The number of para-hydroxylation sites is 1. The van der Waals surface area contributed by atoms with Gasteiger partial charge < -0.3 is 4.90 Å². The van der Waals surface area contributed by atoms with Gasteiger partial charge in [0.15, 0.2) is 0 Å². The van der Waals surface area contributed by atoms with Crippen LogP contribution < -0.4 is 4.90 Å². The average molecular weight is 214 g/mol. The van der Waals surface area contributed by atoms with E-state index in [9.17, 15) is 0 Å². The molecule has 0 amide bonds. The quantitative estimate of drug-likeness (QED) is 0.701. The van der Waals surface area contributed by atoms with Crippen molar-refractivity contribution in [3.05, 3.63) is 29.8 Å². The third kappa shape index (κ3) is 1.22. The van der Waals surface area contributed by atoms with Crippen LogP contribution in [0, 0.1) is 5.92 Å². The van der Waals surface area contributed by atoms with Gasteiger partial charge in [-0.1, -0.05) is 32.0 Å². The van der Waals surface area contributed by atoms with Crippen LogP contribution in [0.25, 0.3) is 0 Å². The minimum atomic E-state index is 0.142. The van der Waals surface area contributed by atoms with Crippen molar-refractivity contribution in [3.8, 4) is 0 Å². The van der Waals surface area contributed by atoms with Crippen LogP contribution in [0.4, 0.5) is 5.69 Å². The summed E-state index contributed by atoms with van der Waals surface area (Å²) in [6, 6.07) is 8.70. The SMILES string of the molecule is CC(C)C1=NC2(CC2)c2ccccc2N1C. The van der Waals surface area contributed by atoms with E-state index >= 15 is 0 Å². The second kappa shape index (κ2) is 3.09. The molecule has 1 aliphatic carbocycles. The molecule has 0 N–H and O–H groups in total. The summed E-state index contributed by atoms with van der Waals surface area (Å²) in [7, 11) is 2.13. The molecule has 0 saturated heterocycles. The number of aliphatic imine (C=N–C) groups is 1. The Balaban J connectivity index is 2.16. The molecule has 1 fully saturated rings. The second-order valence-corrected chi connectivity index (χ2v) is 5.23. The Bertz CT molecular complexity index is 456. The molecule has 1 saturated carbocycles. The summed E-state index contributed by atoms with van der Waals surface area (Å²) in [6.45, 7) is 4.44. The van der Waals surface area contributed by atoms with Crippen LogP contribution in [0.3, 0.4) is 0 Å². The van der Waals surface area contributed by atoms with Crippen molar-refractivity contribution in [1.29, 1.82) is 0 Å². The van der Waals surface area contributed by atoms with E-state index < -0.39 is 0 Å². The van der Waals surface area contributed by atoms with E-state index in [1.165, 1.54) is 29.9 Å². The van der Waals surface area contributed by atoms with Crippen molar-refractivity contribution in [1.82, 2.24) is 0 Å². The van der Waals surface area contributed by atoms with Gasteiger partial charge in [-0.2, -0.15) is 0 Å². The van der Waals surface area contributed by atoms with Gasteiger partial charge in [-0.25, -0.2) is 0 Å². The summed E-state index contributed by atoms with van der Waals surface area (Å²) in [6.07, 6.45) is 2.43. The van der Waals surface area contributed by atoms with E-state index in [-0.39, 0.29) is 5.54 Å². The number of benzene rings is 1. The summed E-state index contributed by atoms with van der Waals surface area (Å²) in [5.74, 6) is 1.73. The molecule has 1 spiro atoms. The van der Waals surface area contributed by atoms with Gasteiger partial charge in [0, 0.05) is 24.2 Å². The van der Waals surface area contributed by atoms with Gasteiger partial charge in [0.05, 0.1) is 5.54 Å². The maximum Gasteiger partial charge on any atom is 0.107 e. The molecule has 1 heterocycles. The third-order valence-electron chi connectivity index (χ3n) is 3.68. The Morgan fingerprint density at radius 2 is 1.94 bits per heavy atom. The van der Waals surface area contributed by atoms with Crippen molar-refractivity contribution in [2.75, 3.05) is 11.9 Å². The molecule has 2 nitrogen and oxygen atoms in total. The number of hydrogen-bond donors (Lipinski definition) is 0. The smallest absolute Gasteiger partial charge is 0.107 e. The number of hydrogen-bond acceptors (Lipinski definition) is 2. The molecule has 16 heavy (non-hydrogen) atoms. The third-order valence-corrected chi connectivity index (χ3v) is 3.68. The van der Waals surface area contributed by atoms with Crippen molar-refractivity contribution >= 4 is 11.5 Å². The topological polar surface area (TPSA) is 15.6 Å². The molecule has 2 heteroatoms. The van der Waals surface area contributed by atoms with Crippen LogP contribution in [-0.2, 0) is 5.54 Å².